The van der Waals surface area contributed by atoms with Gasteiger partial charge in [-0.1, -0.05) is 42.5 Å². The molecule has 2 aromatic rings. The Morgan fingerprint density at radius 3 is 2.52 bits per heavy atom. The van der Waals surface area contributed by atoms with Crippen molar-refractivity contribution in [2.45, 2.75) is 19.4 Å². The molecule has 21 heavy (non-hydrogen) atoms. The summed E-state index contributed by atoms with van der Waals surface area (Å²) in [5.74, 6) is 0. The number of hydrogen-bond donors (Lipinski definition) is 0. The van der Waals surface area contributed by atoms with Crippen LogP contribution in [0.3, 0.4) is 0 Å². The molecule has 2 aliphatic rings. The van der Waals surface area contributed by atoms with Crippen LogP contribution in [0.15, 0.2) is 48.7 Å². The molecule has 0 amide bonds. The van der Waals surface area contributed by atoms with Crippen LogP contribution in [0.5, 0.6) is 0 Å². The molecule has 0 bridgehead atoms. The van der Waals surface area contributed by atoms with Gasteiger partial charge in [0.1, 0.15) is 0 Å². The molecule has 2 nitrogen and oxygen atoms in total. The van der Waals surface area contributed by atoms with E-state index >= 15 is 0 Å². The maximum Gasteiger partial charge on any atom is 0.0667 e. The van der Waals surface area contributed by atoms with Crippen molar-refractivity contribution in [1.82, 2.24) is 9.88 Å². The largest absolute Gasteiger partial charge is 0.299 e. The lowest BCUT2D eigenvalue weighted by molar-refractivity contribution is 0.178. The number of nitrogens with zero attached hydrogens (tertiary/aromatic N) is 2. The van der Waals surface area contributed by atoms with Crippen molar-refractivity contribution >= 4 is 12.2 Å². The van der Waals surface area contributed by atoms with E-state index in [0.29, 0.717) is 0 Å². The van der Waals surface area contributed by atoms with Gasteiger partial charge < -0.3 is 0 Å². The number of pyridine rings is 1. The van der Waals surface area contributed by atoms with Gasteiger partial charge in [-0.2, -0.15) is 0 Å². The van der Waals surface area contributed by atoms with Gasteiger partial charge in [-0.25, -0.2) is 0 Å². The zero-order valence-corrected chi connectivity index (χ0v) is 12.2. The van der Waals surface area contributed by atoms with Crippen molar-refractivity contribution in [3.05, 3.63) is 64.8 Å². The maximum atomic E-state index is 4.50. The SMILES string of the molecule is C1=c2cccnc2=CC12CCN(Cc1ccccc1)CC2. The monoisotopic (exact) mass is 276 g/mol. The molecule has 1 aromatic carbocycles. The number of benzene rings is 1. The maximum absolute atomic E-state index is 4.50. The van der Waals surface area contributed by atoms with Gasteiger partial charge in [-0.3, -0.25) is 9.88 Å². The van der Waals surface area contributed by atoms with Crippen LogP contribution in [0.1, 0.15) is 18.4 Å². The fraction of sp³-hybridized carbons (Fsp3) is 0.316. The molecule has 1 fully saturated rings. The lowest BCUT2D eigenvalue weighted by Crippen LogP contribution is -2.37. The Kier molecular flexibility index (Phi) is 3.12. The second kappa shape index (κ2) is 5.12. The number of piperidine rings is 1. The van der Waals surface area contributed by atoms with Crippen LogP contribution in [0, 0.1) is 5.41 Å². The number of rotatable bonds is 2. The number of fused-ring (bicyclic) bond motifs is 1. The summed E-state index contributed by atoms with van der Waals surface area (Å²) >= 11 is 0. The second-order valence-electron chi connectivity index (χ2n) is 6.26. The minimum absolute atomic E-state index is 0.254. The first-order valence-electron chi connectivity index (χ1n) is 7.76. The minimum Gasteiger partial charge on any atom is -0.299 e. The Hall–Kier alpha value is -1.93. The van der Waals surface area contributed by atoms with E-state index in [9.17, 15) is 0 Å². The molecule has 1 aromatic heterocycles. The summed E-state index contributed by atoms with van der Waals surface area (Å²) in [5.41, 5.74) is 1.67. The molecule has 2 heterocycles. The van der Waals surface area contributed by atoms with Gasteiger partial charge in [0.2, 0.25) is 0 Å². The normalized spacial score (nSPS) is 19.8. The molecule has 0 saturated carbocycles. The summed E-state index contributed by atoms with van der Waals surface area (Å²) in [6, 6.07) is 15.0. The fourth-order valence-corrected chi connectivity index (χ4v) is 3.55. The van der Waals surface area contributed by atoms with Gasteiger partial charge >= 0.3 is 0 Å². The topological polar surface area (TPSA) is 16.1 Å². The van der Waals surface area contributed by atoms with Gasteiger partial charge in [0.25, 0.3) is 0 Å². The first kappa shape index (κ1) is 12.8. The molecule has 1 aliphatic heterocycles. The van der Waals surface area contributed by atoms with Crippen LogP contribution in [0.25, 0.3) is 12.2 Å². The smallest absolute Gasteiger partial charge is 0.0667 e. The number of likely N-dealkylation sites (tertiary alicyclic amines) is 1. The van der Waals surface area contributed by atoms with Crippen LogP contribution in [-0.2, 0) is 6.54 Å². The van der Waals surface area contributed by atoms with E-state index in [-0.39, 0.29) is 5.41 Å². The third kappa shape index (κ3) is 2.52. The molecule has 0 radical (unpaired) electrons. The zero-order valence-electron chi connectivity index (χ0n) is 12.2. The van der Waals surface area contributed by atoms with Crippen molar-refractivity contribution in [3.8, 4) is 0 Å². The number of aromatic nitrogens is 1. The van der Waals surface area contributed by atoms with Crippen molar-refractivity contribution in [1.29, 1.82) is 0 Å². The first-order valence-corrected chi connectivity index (χ1v) is 7.76. The van der Waals surface area contributed by atoms with E-state index < -0.39 is 0 Å². The molecule has 2 heteroatoms. The van der Waals surface area contributed by atoms with Crippen LogP contribution < -0.4 is 10.6 Å². The Balaban J connectivity index is 1.47. The van der Waals surface area contributed by atoms with E-state index in [0.717, 1.165) is 19.6 Å². The van der Waals surface area contributed by atoms with Gasteiger partial charge in [0, 0.05) is 18.2 Å². The van der Waals surface area contributed by atoms with Crippen molar-refractivity contribution in [2.24, 2.45) is 5.41 Å². The standard InChI is InChI=1S/C19H20N2/c1-2-5-16(6-3-1)15-21-11-8-19(9-12-21)13-17-7-4-10-20-18(17)14-19/h1-7,10,13-14H,8-9,11-12,15H2. The highest BCUT2D eigenvalue weighted by atomic mass is 15.1. The summed E-state index contributed by atoms with van der Waals surface area (Å²) < 4.78 is 0. The van der Waals surface area contributed by atoms with E-state index in [1.165, 1.54) is 29.0 Å². The molecule has 1 aliphatic carbocycles. The molecular weight excluding hydrogens is 256 g/mol. The highest BCUT2D eigenvalue weighted by molar-refractivity contribution is 5.55. The van der Waals surface area contributed by atoms with Crippen LogP contribution in [-0.4, -0.2) is 23.0 Å². The molecule has 0 N–H and O–H groups in total. The average molecular weight is 276 g/mol. The zero-order chi connectivity index (χ0) is 14.1. The van der Waals surface area contributed by atoms with Crippen LogP contribution in [0.4, 0.5) is 0 Å². The summed E-state index contributed by atoms with van der Waals surface area (Å²) in [7, 11) is 0. The fourth-order valence-electron chi connectivity index (χ4n) is 3.55. The van der Waals surface area contributed by atoms with Crippen molar-refractivity contribution < 1.29 is 0 Å². The Labute approximate surface area is 125 Å². The Morgan fingerprint density at radius 2 is 1.76 bits per heavy atom. The lowest BCUT2D eigenvalue weighted by atomic mass is 9.79. The molecule has 4 rings (SSSR count). The van der Waals surface area contributed by atoms with Crippen LogP contribution in [0.2, 0.25) is 0 Å². The van der Waals surface area contributed by atoms with E-state index in [1.807, 2.05) is 12.3 Å². The Morgan fingerprint density at radius 1 is 0.952 bits per heavy atom. The summed E-state index contributed by atoms with van der Waals surface area (Å²) in [5, 5.41) is 2.49. The van der Waals surface area contributed by atoms with Crippen molar-refractivity contribution in [3.63, 3.8) is 0 Å². The summed E-state index contributed by atoms with van der Waals surface area (Å²) in [4.78, 5) is 7.06. The van der Waals surface area contributed by atoms with Gasteiger partial charge in [-0.05, 0) is 48.9 Å². The van der Waals surface area contributed by atoms with E-state index in [4.69, 9.17) is 0 Å². The highest BCUT2D eigenvalue weighted by Gasteiger charge is 2.32. The average Bonchev–Trinajstić information content (AvgIpc) is 2.89. The quantitative estimate of drug-likeness (QED) is 0.833. The predicted octanol–water partition coefficient (Wildman–Crippen LogP) is 1.94. The minimum atomic E-state index is 0.254. The molecule has 0 atom stereocenters. The second-order valence-corrected chi connectivity index (χ2v) is 6.26. The van der Waals surface area contributed by atoms with Gasteiger partial charge in [-0.15, -0.1) is 0 Å². The van der Waals surface area contributed by atoms with Crippen LogP contribution >= 0.6 is 0 Å². The number of hydrogen-bond acceptors (Lipinski definition) is 2. The predicted molar refractivity (Wildman–Crippen MR) is 85.8 cm³/mol. The third-order valence-corrected chi connectivity index (χ3v) is 4.77. The van der Waals surface area contributed by atoms with E-state index in [1.54, 1.807) is 0 Å². The summed E-state index contributed by atoms with van der Waals surface area (Å²) in [6.45, 7) is 3.40. The molecule has 0 unspecified atom stereocenters. The van der Waals surface area contributed by atoms with Gasteiger partial charge in [0.05, 0.1) is 5.35 Å². The molecule has 1 saturated heterocycles. The lowest BCUT2D eigenvalue weighted by Gasteiger charge is -2.37. The Bertz CT molecular complexity index is 704. The van der Waals surface area contributed by atoms with E-state index in [2.05, 4.69) is 58.4 Å². The molecular formula is C19H20N2. The summed E-state index contributed by atoms with van der Waals surface area (Å²) in [6.07, 6.45) is 9.14. The first-order chi connectivity index (χ1) is 10.3. The third-order valence-electron chi connectivity index (χ3n) is 4.77. The van der Waals surface area contributed by atoms with Gasteiger partial charge in [0.15, 0.2) is 0 Å². The molecule has 106 valence electrons. The van der Waals surface area contributed by atoms with Crippen molar-refractivity contribution in [2.75, 3.05) is 13.1 Å². The highest BCUT2D eigenvalue weighted by Crippen LogP contribution is 2.36. The molecule has 1 spiro atoms.